The molecule has 2 heterocycles. The van der Waals surface area contributed by atoms with Crippen LogP contribution in [0.3, 0.4) is 0 Å². The first-order valence-electron chi connectivity index (χ1n) is 12.5. The van der Waals surface area contributed by atoms with Gasteiger partial charge in [0.05, 0.1) is 45.7 Å². The zero-order chi connectivity index (χ0) is 28.9. The number of aromatic amines is 1. The molecule has 0 radical (unpaired) electrons. The van der Waals surface area contributed by atoms with Crippen molar-refractivity contribution in [3.8, 4) is 28.5 Å². The minimum Gasteiger partial charge on any atom is -0.444 e. The highest BCUT2D eigenvalue weighted by Gasteiger charge is 2.42. The number of aromatic nitrogens is 4. The van der Waals surface area contributed by atoms with Crippen molar-refractivity contribution < 1.29 is 18.3 Å². The molecule has 40 heavy (non-hydrogen) atoms. The molecule has 0 spiro atoms. The quantitative estimate of drug-likeness (QED) is 0.328. The van der Waals surface area contributed by atoms with E-state index in [9.17, 15) is 19.2 Å². The Balaban J connectivity index is 1.63. The first kappa shape index (κ1) is 27.3. The van der Waals surface area contributed by atoms with Crippen LogP contribution in [0.1, 0.15) is 49.9 Å². The van der Waals surface area contributed by atoms with E-state index in [0.29, 0.717) is 33.2 Å². The zero-order valence-electron chi connectivity index (χ0n) is 22.1. The van der Waals surface area contributed by atoms with Gasteiger partial charge in [-0.15, -0.1) is 0 Å². The summed E-state index contributed by atoms with van der Waals surface area (Å²) in [6.45, 7) is 5.17. The predicted molar refractivity (Wildman–Crippen MR) is 145 cm³/mol. The predicted octanol–water partition coefficient (Wildman–Crippen LogP) is 5.50. The standard InChI is InChI=1S/C28H25ClF2N6O3/c1-28(2,3)40-27(39)33-12-22-17-7-13(5-6-14(17)26(38)36-35-22)19-11-34-37(4)25(19)23-18(10-32)15(16-9-21(16)30)8-20(29)24(23)31/h5-8,11,16,21H,9,12H2,1-4H3,(H,33,39)(H,36,38). The van der Waals surface area contributed by atoms with E-state index in [1.54, 1.807) is 46.0 Å². The number of amides is 1. The van der Waals surface area contributed by atoms with E-state index in [1.807, 2.05) is 6.07 Å². The van der Waals surface area contributed by atoms with Gasteiger partial charge in [0.25, 0.3) is 5.56 Å². The molecule has 206 valence electrons. The van der Waals surface area contributed by atoms with Gasteiger partial charge in [0.2, 0.25) is 0 Å². The van der Waals surface area contributed by atoms with Gasteiger partial charge in [-0.05, 0) is 56.5 Å². The van der Waals surface area contributed by atoms with Gasteiger partial charge in [0.15, 0.2) is 5.82 Å². The maximum absolute atomic E-state index is 15.6. The number of halogens is 3. The third-order valence-corrected chi connectivity index (χ3v) is 6.90. The zero-order valence-corrected chi connectivity index (χ0v) is 22.9. The Labute approximate surface area is 232 Å². The summed E-state index contributed by atoms with van der Waals surface area (Å²) in [5.41, 5.74) is 0.770. The molecule has 4 aromatic rings. The number of nitriles is 1. The lowest BCUT2D eigenvalue weighted by atomic mass is 9.92. The number of alkyl halides is 1. The second-order valence-corrected chi connectivity index (χ2v) is 11.0. The fourth-order valence-corrected chi connectivity index (χ4v) is 4.92. The van der Waals surface area contributed by atoms with Crippen LogP contribution in [0.2, 0.25) is 5.02 Å². The molecule has 1 amide bonds. The largest absolute Gasteiger partial charge is 0.444 e. The van der Waals surface area contributed by atoms with E-state index in [4.69, 9.17) is 16.3 Å². The highest BCUT2D eigenvalue weighted by molar-refractivity contribution is 6.31. The minimum atomic E-state index is -1.12. The highest BCUT2D eigenvalue weighted by atomic mass is 35.5. The number of nitrogens with one attached hydrogen (secondary N) is 2. The number of nitrogens with zero attached hydrogens (tertiary/aromatic N) is 4. The topological polar surface area (TPSA) is 126 Å². The average molecular weight is 567 g/mol. The number of ether oxygens (including phenoxy) is 1. The highest BCUT2D eigenvalue weighted by Crippen LogP contribution is 2.49. The van der Waals surface area contributed by atoms with Crippen LogP contribution in [0.5, 0.6) is 0 Å². The smallest absolute Gasteiger partial charge is 0.407 e. The maximum Gasteiger partial charge on any atom is 0.407 e. The third-order valence-electron chi connectivity index (χ3n) is 6.63. The van der Waals surface area contributed by atoms with Crippen LogP contribution in [0.4, 0.5) is 13.6 Å². The molecule has 1 aliphatic carbocycles. The summed E-state index contributed by atoms with van der Waals surface area (Å²) in [5.74, 6) is -1.34. The van der Waals surface area contributed by atoms with Crippen molar-refractivity contribution in [2.75, 3.05) is 0 Å². The van der Waals surface area contributed by atoms with Gasteiger partial charge in [-0.3, -0.25) is 9.48 Å². The Morgan fingerprint density at radius 2 is 2.05 bits per heavy atom. The molecule has 2 unspecified atom stereocenters. The molecule has 12 heteroatoms. The maximum atomic E-state index is 15.6. The molecule has 0 saturated heterocycles. The number of fused-ring (bicyclic) bond motifs is 1. The van der Waals surface area contributed by atoms with E-state index in [2.05, 4.69) is 20.6 Å². The summed E-state index contributed by atoms with van der Waals surface area (Å²) in [7, 11) is 1.60. The summed E-state index contributed by atoms with van der Waals surface area (Å²) < 4.78 is 36.3. The Hall–Kier alpha value is -4.30. The van der Waals surface area contributed by atoms with E-state index in [-0.39, 0.29) is 34.8 Å². The fourth-order valence-electron chi connectivity index (χ4n) is 4.70. The van der Waals surface area contributed by atoms with Gasteiger partial charge in [-0.25, -0.2) is 18.7 Å². The first-order valence-corrected chi connectivity index (χ1v) is 12.8. The number of H-pyrrole nitrogens is 1. The molecular weight excluding hydrogens is 542 g/mol. The molecule has 5 rings (SSSR count). The van der Waals surface area contributed by atoms with Crippen molar-refractivity contribution >= 4 is 28.5 Å². The molecule has 2 aromatic heterocycles. The number of rotatable bonds is 5. The lowest BCUT2D eigenvalue weighted by Crippen LogP contribution is -2.32. The van der Waals surface area contributed by atoms with Crippen LogP contribution >= 0.6 is 11.6 Å². The lowest BCUT2D eigenvalue weighted by Gasteiger charge is -2.19. The van der Waals surface area contributed by atoms with Crippen molar-refractivity contribution in [3.63, 3.8) is 0 Å². The van der Waals surface area contributed by atoms with Crippen LogP contribution in [-0.4, -0.2) is 37.8 Å². The van der Waals surface area contributed by atoms with E-state index in [1.165, 1.54) is 16.9 Å². The molecule has 9 nitrogen and oxygen atoms in total. The van der Waals surface area contributed by atoms with Crippen LogP contribution in [0, 0.1) is 17.1 Å². The fraction of sp³-hybridized carbons (Fsp3) is 0.321. The molecule has 1 saturated carbocycles. The van der Waals surface area contributed by atoms with Crippen molar-refractivity contribution in [2.24, 2.45) is 7.05 Å². The number of benzene rings is 2. The van der Waals surface area contributed by atoms with Crippen molar-refractivity contribution in [3.05, 3.63) is 68.5 Å². The van der Waals surface area contributed by atoms with Crippen molar-refractivity contribution in [1.29, 1.82) is 5.26 Å². The number of hydrogen-bond donors (Lipinski definition) is 2. The Morgan fingerprint density at radius 3 is 2.70 bits per heavy atom. The van der Waals surface area contributed by atoms with Crippen LogP contribution in [0.25, 0.3) is 33.2 Å². The summed E-state index contributed by atoms with van der Waals surface area (Å²) in [6.07, 6.45) is -0.0276. The monoisotopic (exact) mass is 566 g/mol. The second kappa shape index (κ2) is 10.0. The minimum absolute atomic E-state index is 0.00181. The summed E-state index contributed by atoms with van der Waals surface area (Å²) in [5, 5.41) is 24.0. The first-order chi connectivity index (χ1) is 18.9. The van der Waals surface area contributed by atoms with Gasteiger partial charge in [-0.1, -0.05) is 17.7 Å². The Kier molecular flexibility index (Phi) is 6.84. The van der Waals surface area contributed by atoms with Gasteiger partial charge < -0.3 is 10.1 Å². The van der Waals surface area contributed by atoms with Crippen LogP contribution < -0.4 is 10.9 Å². The Morgan fingerprint density at radius 1 is 1.32 bits per heavy atom. The average Bonchev–Trinajstić information content (AvgIpc) is 3.50. The Bertz CT molecular complexity index is 1770. The number of carbonyl (C=O) groups is 1. The molecule has 2 N–H and O–H groups in total. The number of hydrogen-bond acceptors (Lipinski definition) is 6. The van der Waals surface area contributed by atoms with Crippen LogP contribution in [-0.2, 0) is 18.3 Å². The molecule has 2 aromatic carbocycles. The normalized spacial score (nSPS) is 16.6. The number of alkyl carbamates (subject to hydrolysis) is 1. The van der Waals surface area contributed by atoms with Crippen LogP contribution in [0.15, 0.2) is 35.3 Å². The third kappa shape index (κ3) is 5.02. The van der Waals surface area contributed by atoms with E-state index in [0.717, 1.165) is 0 Å². The van der Waals surface area contributed by atoms with E-state index >= 15 is 4.39 Å². The summed E-state index contributed by atoms with van der Waals surface area (Å²) in [4.78, 5) is 24.7. The van der Waals surface area contributed by atoms with Crippen molar-refractivity contribution in [1.82, 2.24) is 25.3 Å². The van der Waals surface area contributed by atoms with Crippen molar-refractivity contribution in [2.45, 2.75) is 51.4 Å². The molecular formula is C28H25ClF2N6O3. The molecule has 1 fully saturated rings. The molecule has 0 aliphatic heterocycles. The van der Waals surface area contributed by atoms with Gasteiger partial charge in [0.1, 0.15) is 17.8 Å². The van der Waals surface area contributed by atoms with Gasteiger partial charge >= 0.3 is 6.09 Å². The molecule has 2 atom stereocenters. The SMILES string of the molecule is Cn1ncc(-c2ccc3c(=O)[nH]nc(CNC(=O)OC(C)(C)C)c3c2)c1-c1c(F)c(Cl)cc(C2CC2F)c1C#N. The molecule has 1 aliphatic rings. The molecule has 0 bridgehead atoms. The summed E-state index contributed by atoms with van der Waals surface area (Å²) >= 11 is 6.22. The van der Waals surface area contributed by atoms with Gasteiger partial charge in [0, 0.05) is 23.9 Å². The number of carbonyl (C=O) groups excluding carboxylic acids is 1. The number of aryl methyl sites for hydroxylation is 1. The summed E-state index contributed by atoms with van der Waals surface area (Å²) in [6, 6.07) is 8.29. The lowest BCUT2D eigenvalue weighted by molar-refractivity contribution is 0.0523. The van der Waals surface area contributed by atoms with Gasteiger partial charge in [-0.2, -0.15) is 15.5 Å². The second-order valence-electron chi connectivity index (χ2n) is 10.6. The van der Waals surface area contributed by atoms with E-state index < -0.39 is 35.2 Å².